The molecule has 1 spiro atoms. The lowest BCUT2D eigenvalue weighted by Crippen LogP contribution is -2.34. The Morgan fingerprint density at radius 2 is 1.83 bits per heavy atom. The predicted octanol–water partition coefficient (Wildman–Crippen LogP) is 2.55. The maximum Gasteiger partial charge on any atom is 0.333 e. The molecule has 8 heteroatoms. The summed E-state index contributed by atoms with van der Waals surface area (Å²) < 4.78 is 39.3. The van der Waals surface area contributed by atoms with Crippen molar-refractivity contribution in [3.05, 3.63) is 34.9 Å². The molecule has 2 N–H and O–H groups in total. The Morgan fingerprint density at radius 1 is 1.17 bits per heavy atom. The first-order valence-corrected chi connectivity index (χ1v) is 9.98. The summed E-state index contributed by atoms with van der Waals surface area (Å²) >= 11 is 6.23. The van der Waals surface area contributed by atoms with E-state index in [0.29, 0.717) is 11.4 Å². The molecule has 1 aliphatic heterocycles. The molecule has 0 bridgehead atoms. The lowest BCUT2D eigenvalue weighted by atomic mass is 9.94. The second kappa shape index (κ2) is 7.27. The van der Waals surface area contributed by atoms with Crippen molar-refractivity contribution in [2.24, 2.45) is 5.14 Å². The molecule has 6 nitrogen and oxygen atoms in total. The Hall–Kier alpha value is -0.700. The Morgan fingerprint density at radius 3 is 2.50 bits per heavy atom. The number of benzene rings is 1. The van der Waals surface area contributed by atoms with Crippen LogP contribution in [-0.2, 0) is 30.4 Å². The van der Waals surface area contributed by atoms with Crippen molar-refractivity contribution in [1.82, 2.24) is 0 Å². The summed E-state index contributed by atoms with van der Waals surface area (Å²) in [6, 6.07) is 7.51. The first kappa shape index (κ1) is 18.1. The van der Waals surface area contributed by atoms with Crippen LogP contribution < -0.4 is 5.14 Å². The van der Waals surface area contributed by atoms with Crippen LogP contribution in [-0.4, -0.2) is 33.0 Å². The Kier molecular flexibility index (Phi) is 5.48. The van der Waals surface area contributed by atoms with Crippen LogP contribution in [0.25, 0.3) is 0 Å². The van der Waals surface area contributed by atoms with Crippen molar-refractivity contribution in [3.63, 3.8) is 0 Å². The molecule has 1 saturated carbocycles. The summed E-state index contributed by atoms with van der Waals surface area (Å²) in [5.41, 5.74) is 0.932. The van der Waals surface area contributed by atoms with Crippen molar-refractivity contribution in [1.29, 1.82) is 0 Å². The van der Waals surface area contributed by atoms with Gasteiger partial charge in [0.25, 0.3) is 0 Å². The van der Waals surface area contributed by atoms with Crippen molar-refractivity contribution >= 4 is 21.9 Å². The monoisotopic (exact) mass is 375 g/mol. The Bertz CT molecular complexity index is 675. The smallest absolute Gasteiger partial charge is 0.333 e. The highest BCUT2D eigenvalue weighted by molar-refractivity contribution is 7.84. The molecule has 2 fully saturated rings. The van der Waals surface area contributed by atoms with Gasteiger partial charge in [0.1, 0.15) is 6.10 Å². The molecule has 1 heterocycles. The van der Waals surface area contributed by atoms with E-state index >= 15 is 0 Å². The fourth-order valence-electron chi connectivity index (χ4n) is 3.41. The zero-order valence-electron chi connectivity index (χ0n) is 13.3. The molecule has 1 aromatic rings. The lowest BCUT2D eigenvalue weighted by Gasteiger charge is -2.32. The third-order valence-corrected chi connectivity index (χ3v) is 5.37. The second-order valence-corrected chi connectivity index (χ2v) is 7.99. The summed E-state index contributed by atoms with van der Waals surface area (Å²) in [4.78, 5) is 0. The molecule has 0 amide bonds. The minimum absolute atomic E-state index is 0.157. The first-order valence-electron chi connectivity index (χ1n) is 8.13. The quantitative estimate of drug-likeness (QED) is 0.854. The first-order chi connectivity index (χ1) is 11.4. The van der Waals surface area contributed by atoms with Crippen LogP contribution in [0, 0.1) is 0 Å². The Balaban J connectivity index is 1.76. The van der Waals surface area contributed by atoms with Crippen LogP contribution in [0.3, 0.4) is 0 Å². The van der Waals surface area contributed by atoms with Crippen LogP contribution >= 0.6 is 11.6 Å². The van der Waals surface area contributed by atoms with E-state index in [0.717, 1.165) is 37.7 Å². The molecule has 1 aromatic carbocycles. The molecular weight excluding hydrogens is 354 g/mol. The summed E-state index contributed by atoms with van der Waals surface area (Å²) in [5, 5.41) is 5.59. The lowest BCUT2D eigenvalue weighted by molar-refractivity contribution is -0.195. The Labute approximate surface area is 147 Å². The van der Waals surface area contributed by atoms with Gasteiger partial charge < -0.3 is 9.47 Å². The number of halogens is 1. The highest BCUT2D eigenvalue weighted by Gasteiger charge is 2.48. The van der Waals surface area contributed by atoms with Gasteiger partial charge in [-0.05, 0) is 24.5 Å². The summed E-state index contributed by atoms with van der Waals surface area (Å²) in [6.07, 6.45) is 4.52. The fraction of sp³-hybridized carbons (Fsp3) is 0.625. The van der Waals surface area contributed by atoms with Crippen molar-refractivity contribution in [2.75, 3.05) is 6.61 Å². The molecule has 1 saturated heterocycles. The normalized spacial score (nSPS) is 26.8. The fourth-order valence-corrected chi connectivity index (χ4v) is 3.95. The number of hydrogen-bond acceptors (Lipinski definition) is 5. The molecule has 1 aliphatic carbocycles. The SMILES string of the molecule is NS(=O)(=O)OC[C@@H]1OC2(CCCCC2)O[C@H]1Cc1ccccc1Cl. The van der Waals surface area contributed by atoms with Crippen molar-refractivity contribution in [2.45, 2.75) is 56.5 Å². The van der Waals surface area contributed by atoms with Crippen LogP contribution in [0.2, 0.25) is 5.02 Å². The van der Waals surface area contributed by atoms with E-state index in [2.05, 4.69) is 0 Å². The molecule has 0 aromatic heterocycles. The molecule has 3 rings (SSSR count). The van der Waals surface area contributed by atoms with Gasteiger partial charge in [-0.1, -0.05) is 36.2 Å². The highest BCUT2D eigenvalue weighted by atomic mass is 35.5. The van der Waals surface area contributed by atoms with Crippen LogP contribution in [0.4, 0.5) is 0 Å². The third kappa shape index (κ3) is 4.47. The number of nitrogens with two attached hydrogens (primary N) is 1. The van der Waals surface area contributed by atoms with Crippen molar-refractivity contribution < 1.29 is 22.1 Å². The van der Waals surface area contributed by atoms with Gasteiger partial charge in [-0.15, -0.1) is 0 Å². The van der Waals surface area contributed by atoms with Gasteiger partial charge in [0.2, 0.25) is 0 Å². The second-order valence-electron chi connectivity index (χ2n) is 6.36. The van der Waals surface area contributed by atoms with E-state index in [1.165, 1.54) is 0 Å². The van der Waals surface area contributed by atoms with E-state index in [1.807, 2.05) is 24.3 Å². The molecule has 0 radical (unpaired) electrons. The average molecular weight is 376 g/mol. The van der Waals surface area contributed by atoms with E-state index in [4.69, 9.17) is 30.4 Å². The van der Waals surface area contributed by atoms with Gasteiger partial charge in [-0.25, -0.2) is 5.14 Å². The maximum absolute atomic E-state index is 11.1. The molecular formula is C16H22ClNO5S. The van der Waals surface area contributed by atoms with Crippen LogP contribution in [0.1, 0.15) is 37.7 Å². The van der Waals surface area contributed by atoms with E-state index in [1.54, 1.807) is 0 Å². The summed E-state index contributed by atoms with van der Waals surface area (Å²) in [6.45, 7) is -0.157. The zero-order chi connectivity index (χ0) is 17.2. The van der Waals surface area contributed by atoms with E-state index in [-0.39, 0.29) is 12.7 Å². The predicted molar refractivity (Wildman–Crippen MR) is 89.8 cm³/mol. The number of rotatable bonds is 5. The van der Waals surface area contributed by atoms with Gasteiger partial charge in [0, 0.05) is 24.3 Å². The molecule has 0 unspecified atom stereocenters. The molecule has 2 aliphatic rings. The molecule has 134 valence electrons. The van der Waals surface area contributed by atoms with E-state index < -0.39 is 22.2 Å². The van der Waals surface area contributed by atoms with Gasteiger partial charge in [0.15, 0.2) is 5.79 Å². The topological polar surface area (TPSA) is 87.9 Å². The average Bonchev–Trinajstić information content (AvgIpc) is 2.85. The van der Waals surface area contributed by atoms with Crippen LogP contribution in [0.5, 0.6) is 0 Å². The largest absolute Gasteiger partial charge is 0.344 e. The van der Waals surface area contributed by atoms with Gasteiger partial charge in [0.05, 0.1) is 12.7 Å². The molecule has 24 heavy (non-hydrogen) atoms. The third-order valence-electron chi connectivity index (χ3n) is 4.54. The molecule has 2 atom stereocenters. The minimum Gasteiger partial charge on any atom is -0.344 e. The standard InChI is InChI=1S/C16H22ClNO5S/c17-13-7-3-2-6-12(13)10-14-15(11-21-24(18,19)20)23-16(22-14)8-4-1-5-9-16/h2-3,6-7,14-15H,1,4-5,8-11H2,(H2,18,19,20)/t14-,15-/m0/s1. The van der Waals surface area contributed by atoms with Gasteiger partial charge in [-0.3, -0.25) is 4.18 Å². The van der Waals surface area contributed by atoms with Gasteiger partial charge >= 0.3 is 10.3 Å². The number of hydrogen-bond donors (Lipinski definition) is 1. The summed E-state index contributed by atoms with van der Waals surface area (Å²) in [5.74, 6) is -0.642. The summed E-state index contributed by atoms with van der Waals surface area (Å²) in [7, 11) is -4.02. The minimum atomic E-state index is -4.02. The zero-order valence-corrected chi connectivity index (χ0v) is 14.9. The highest BCUT2D eigenvalue weighted by Crippen LogP contribution is 2.41. The van der Waals surface area contributed by atoms with Crippen molar-refractivity contribution in [3.8, 4) is 0 Å². The van der Waals surface area contributed by atoms with E-state index in [9.17, 15) is 8.42 Å². The van der Waals surface area contributed by atoms with Crippen LogP contribution in [0.15, 0.2) is 24.3 Å². The van der Waals surface area contributed by atoms with Gasteiger partial charge in [-0.2, -0.15) is 8.42 Å². The number of ether oxygens (including phenoxy) is 2. The maximum atomic E-state index is 11.1.